The Bertz CT molecular complexity index is 323. The number of benzene rings is 1. The van der Waals surface area contributed by atoms with Crippen molar-refractivity contribution in [3.8, 4) is 0 Å². The maximum absolute atomic E-state index is 9.97. The van der Waals surface area contributed by atoms with Gasteiger partial charge in [0.2, 0.25) is 0 Å². The smallest absolute Gasteiger partial charge is 0.293 e. The van der Waals surface area contributed by atoms with Gasteiger partial charge in [-0.05, 0) is 23.6 Å². The van der Waals surface area contributed by atoms with Crippen molar-refractivity contribution >= 4 is 12.2 Å². The zero-order chi connectivity index (χ0) is 9.10. The van der Waals surface area contributed by atoms with Gasteiger partial charge in [0.15, 0.2) is 0 Å². The van der Waals surface area contributed by atoms with E-state index in [0.717, 1.165) is 18.5 Å². The van der Waals surface area contributed by atoms with Gasteiger partial charge in [-0.25, -0.2) is 0 Å². The highest BCUT2D eigenvalue weighted by Gasteiger charge is 2.09. The van der Waals surface area contributed by atoms with Crippen LogP contribution in [0.1, 0.15) is 11.1 Å². The monoisotopic (exact) mass is 177 g/mol. The highest BCUT2D eigenvalue weighted by atomic mass is 16.5. The molecule has 3 heteroatoms. The molecule has 0 aromatic heterocycles. The maximum Gasteiger partial charge on any atom is 0.293 e. The van der Waals surface area contributed by atoms with Crippen molar-refractivity contribution < 1.29 is 9.53 Å². The second-order valence-corrected chi connectivity index (χ2v) is 3.08. The lowest BCUT2D eigenvalue weighted by atomic mass is 10.1. The van der Waals surface area contributed by atoms with E-state index in [0.29, 0.717) is 13.1 Å². The number of fused-ring (bicyclic) bond motifs is 1. The minimum absolute atomic E-state index is 0.360. The molecule has 1 aliphatic heterocycles. The topological polar surface area (TPSA) is 38.3 Å². The van der Waals surface area contributed by atoms with Crippen LogP contribution < -0.4 is 5.32 Å². The van der Waals surface area contributed by atoms with E-state index in [1.54, 1.807) is 0 Å². The Morgan fingerprint density at radius 2 is 2.46 bits per heavy atom. The zero-order valence-corrected chi connectivity index (χ0v) is 7.25. The van der Waals surface area contributed by atoms with Gasteiger partial charge in [0, 0.05) is 12.2 Å². The fourth-order valence-electron chi connectivity index (χ4n) is 1.56. The van der Waals surface area contributed by atoms with Crippen molar-refractivity contribution in [1.82, 2.24) is 0 Å². The van der Waals surface area contributed by atoms with Crippen LogP contribution in [0.3, 0.4) is 0 Å². The molecule has 1 aromatic carbocycles. The summed E-state index contributed by atoms with van der Waals surface area (Å²) in [5.74, 6) is 0. The molecule has 0 spiro atoms. The van der Waals surface area contributed by atoms with Crippen molar-refractivity contribution in [2.75, 3.05) is 11.9 Å². The molecule has 0 bridgehead atoms. The molecule has 1 N–H and O–H groups in total. The average Bonchev–Trinajstić information content (AvgIpc) is 2.61. The summed E-state index contributed by atoms with van der Waals surface area (Å²) in [5, 5.41) is 3.27. The minimum Gasteiger partial charge on any atom is -0.463 e. The van der Waals surface area contributed by atoms with Crippen molar-refractivity contribution in [3.63, 3.8) is 0 Å². The fourth-order valence-corrected chi connectivity index (χ4v) is 1.56. The Morgan fingerprint density at radius 1 is 1.54 bits per heavy atom. The van der Waals surface area contributed by atoms with Crippen LogP contribution in [0.4, 0.5) is 5.69 Å². The summed E-state index contributed by atoms with van der Waals surface area (Å²) in [6.45, 7) is 1.84. The number of rotatable bonds is 3. The molecular weight excluding hydrogens is 166 g/mol. The Balaban J connectivity index is 2.16. The molecule has 0 amide bonds. The van der Waals surface area contributed by atoms with E-state index in [1.807, 2.05) is 12.1 Å². The van der Waals surface area contributed by atoms with Gasteiger partial charge in [-0.15, -0.1) is 0 Å². The molecule has 0 aliphatic carbocycles. The number of anilines is 1. The van der Waals surface area contributed by atoms with Gasteiger partial charge in [0.05, 0.1) is 0 Å². The zero-order valence-electron chi connectivity index (χ0n) is 7.25. The summed E-state index contributed by atoms with van der Waals surface area (Å²) in [5.41, 5.74) is 3.54. The fraction of sp³-hybridized carbons (Fsp3) is 0.300. The summed E-state index contributed by atoms with van der Waals surface area (Å²) in [7, 11) is 0. The van der Waals surface area contributed by atoms with Crippen LogP contribution in [0.2, 0.25) is 0 Å². The second kappa shape index (κ2) is 3.47. The molecule has 13 heavy (non-hydrogen) atoms. The van der Waals surface area contributed by atoms with Crippen LogP contribution in [0, 0.1) is 0 Å². The number of carbonyl (C=O) groups is 1. The van der Waals surface area contributed by atoms with Gasteiger partial charge in [0.1, 0.15) is 6.61 Å². The Hall–Kier alpha value is -1.51. The molecular formula is C10H11NO2. The van der Waals surface area contributed by atoms with Crippen LogP contribution in [-0.4, -0.2) is 13.0 Å². The first kappa shape index (κ1) is 8.10. The first-order chi connectivity index (χ1) is 6.40. The van der Waals surface area contributed by atoms with Gasteiger partial charge in [-0.2, -0.15) is 0 Å². The third-order valence-corrected chi connectivity index (χ3v) is 2.20. The molecule has 0 atom stereocenters. The highest BCUT2D eigenvalue weighted by Crippen LogP contribution is 2.23. The van der Waals surface area contributed by atoms with E-state index in [9.17, 15) is 4.79 Å². The van der Waals surface area contributed by atoms with Crippen molar-refractivity contribution in [1.29, 1.82) is 0 Å². The third-order valence-electron chi connectivity index (χ3n) is 2.20. The molecule has 0 fully saturated rings. The summed E-state index contributed by atoms with van der Waals surface area (Å²) < 4.78 is 4.67. The molecule has 68 valence electrons. The van der Waals surface area contributed by atoms with E-state index >= 15 is 0 Å². The lowest BCUT2D eigenvalue weighted by Gasteiger charge is -2.03. The highest BCUT2D eigenvalue weighted by molar-refractivity contribution is 5.57. The lowest BCUT2D eigenvalue weighted by molar-refractivity contribution is -0.129. The van der Waals surface area contributed by atoms with Crippen molar-refractivity contribution in [3.05, 3.63) is 29.3 Å². The van der Waals surface area contributed by atoms with Crippen molar-refractivity contribution in [2.24, 2.45) is 0 Å². The Kier molecular flexibility index (Phi) is 2.17. The summed E-state index contributed by atoms with van der Waals surface area (Å²) in [6.07, 6.45) is 1.09. The summed E-state index contributed by atoms with van der Waals surface area (Å²) >= 11 is 0. The number of ether oxygens (including phenoxy) is 1. The predicted octanol–water partition coefficient (Wildman–Crippen LogP) is 1.33. The average molecular weight is 177 g/mol. The predicted molar refractivity (Wildman–Crippen MR) is 49.5 cm³/mol. The molecule has 3 nitrogen and oxygen atoms in total. The molecule has 1 aromatic rings. The normalized spacial score (nSPS) is 13.2. The van der Waals surface area contributed by atoms with Gasteiger partial charge >= 0.3 is 0 Å². The number of nitrogens with one attached hydrogen (secondary N) is 1. The van der Waals surface area contributed by atoms with E-state index in [2.05, 4.69) is 16.1 Å². The van der Waals surface area contributed by atoms with Gasteiger partial charge in [-0.3, -0.25) is 4.79 Å². The Labute approximate surface area is 76.7 Å². The van der Waals surface area contributed by atoms with Crippen molar-refractivity contribution in [2.45, 2.75) is 13.0 Å². The summed E-state index contributed by atoms with van der Waals surface area (Å²) in [6, 6.07) is 6.11. The van der Waals surface area contributed by atoms with Gasteiger partial charge < -0.3 is 10.1 Å². The van der Waals surface area contributed by atoms with E-state index < -0.39 is 0 Å². The SMILES string of the molecule is O=COCc1ccc2c(c1)NCC2. The Morgan fingerprint density at radius 3 is 3.31 bits per heavy atom. The molecule has 1 aliphatic rings. The van der Waals surface area contributed by atoms with Gasteiger partial charge in [-0.1, -0.05) is 12.1 Å². The van der Waals surface area contributed by atoms with Crippen LogP contribution in [0.5, 0.6) is 0 Å². The van der Waals surface area contributed by atoms with E-state index in [4.69, 9.17) is 0 Å². The molecule has 0 saturated carbocycles. The van der Waals surface area contributed by atoms with Crippen LogP contribution in [0.15, 0.2) is 18.2 Å². The number of hydrogen-bond acceptors (Lipinski definition) is 3. The van der Waals surface area contributed by atoms with Crippen LogP contribution in [-0.2, 0) is 22.6 Å². The van der Waals surface area contributed by atoms with Crippen LogP contribution >= 0.6 is 0 Å². The first-order valence-corrected chi connectivity index (χ1v) is 4.31. The lowest BCUT2D eigenvalue weighted by Crippen LogP contribution is -1.93. The third kappa shape index (κ3) is 1.64. The first-order valence-electron chi connectivity index (χ1n) is 4.31. The minimum atomic E-state index is 0.360. The van der Waals surface area contributed by atoms with Gasteiger partial charge in [0.25, 0.3) is 6.47 Å². The summed E-state index contributed by atoms with van der Waals surface area (Å²) in [4.78, 5) is 9.97. The molecule has 2 rings (SSSR count). The second-order valence-electron chi connectivity index (χ2n) is 3.08. The number of hydrogen-bond donors (Lipinski definition) is 1. The van der Waals surface area contributed by atoms with E-state index in [1.165, 1.54) is 11.3 Å². The number of carbonyl (C=O) groups excluding carboxylic acids is 1. The molecule has 0 unspecified atom stereocenters. The molecule has 0 radical (unpaired) electrons. The molecule has 1 heterocycles. The molecule has 0 saturated heterocycles. The largest absolute Gasteiger partial charge is 0.463 e. The van der Waals surface area contributed by atoms with Crippen LogP contribution in [0.25, 0.3) is 0 Å². The standard InChI is InChI=1S/C10H11NO2/c12-7-13-6-8-1-2-9-3-4-11-10(9)5-8/h1-2,5,7,11H,3-4,6H2. The quantitative estimate of drug-likeness (QED) is 0.708. The van der Waals surface area contributed by atoms with E-state index in [-0.39, 0.29) is 0 Å². The maximum atomic E-state index is 9.97.